The molecule has 5 N–H and O–H groups in total. The standard InChI is InChI=1S/C17H17N7O2/c1-2-19-17(25)26-8-13-22-14-10-4-3-9(11-5-6-20-24-11)7-12(10)21-16(18)15(14)23-13/h3-7H,2,8H2,1H3,(H2,18,21)(H,19,25)(H,20,24)(H,22,23). The van der Waals surface area contributed by atoms with Crippen LogP contribution in [0.4, 0.5) is 10.6 Å². The predicted octanol–water partition coefficient (Wildman–Crippen LogP) is 2.33. The summed E-state index contributed by atoms with van der Waals surface area (Å²) in [6.07, 6.45) is 1.20. The fraction of sp³-hybridized carbons (Fsp3) is 0.176. The Labute approximate surface area is 148 Å². The van der Waals surface area contributed by atoms with Crippen LogP contribution in [0.5, 0.6) is 0 Å². The first kappa shape index (κ1) is 15.9. The highest BCUT2D eigenvalue weighted by molar-refractivity contribution is 6.07. The Bertz CT molecular complexity index is 1090. The molecule has 4 aromatic rings. The van der Waals surface area contributed by atoms with Gasteiger partial charge in [0.05, 0.1) is 11.2 Å². The van der Waals surface area contributed by atoms with Gasteiger partial charge in [-0.15, -0.1) is 0 Å². The SMILES string of the molecule is CCNC(=O)OCc1nc2c([nH]1)c(N)nc1cc(-c3ccn[nH]3)ccc12. The van der Waals surface area contributed by atoms with Crippen LogP contribution in [0.2, 0.25) is 0 Å². The Morgan fingerprint density at radius 1 is 1.31 bits per heavy atom. The van der Waals surface area contributed by atoms with Crippen LogP contribution in [0.1, 0.15) is 12.7 Å². The maximum Gasteiger partial charge on any atom is 0.407 e. The normalized spacial score (nSPS) is 11.1. The van der Waals surface area contributed by atoms with E-state index >= 15 is 0 Å². The number of nitrogens with one attached hydrogen (secondary N) is 3. The maximum atomic E-state index is 11.4. The third-order valence-electron chi connectivity index (χ3n) is 3.98. The molecule has 0 spiro atoms. The number of hydrogen-bond donors (Lipinski definition) is 4. The lowest BCUT2D eigenvalue weighted by Crippen LogP contribution is -2.23. The molecule has 0 atom stereocenters. The van der Waals surface area contributed by atoms with E-state index in [0.717, 1.165) is 22.2 Å². The van der Waals surface area contributed by atoms with Gasteiger partial charge in [0.1, 0.15) is 22.7 Å². The van der Waals surface area contributed by atoms with Crippen molar-refractivity contribution in [1.29, 1.82) is 0 Å². The molecular weight excluding hydrogens is 334 g/mol. The van der Waals surface area contributed by atoms with Crippen molar-refractivity contribution in [2.24, 2.45) is 0 Å². The summed E-state index contributed by atoms with van der Waals surface area (Å²) >= 11 is 0. The number of aromatic nitrogens is 5. The number of pyridine rings is 1. The quantitative estimate of drug-likeness (QED) is 0.446. The molecule has 0 radical (unpaired) electrons. The zero-order valence-electron chi connectivity index (χ0n) is 14.0. The minimum absolute atomic E-state index is 0.0215. The fourth-order valence-corrected chi connectivity index (χ4v) is 2.79. The number of carbonyl (C=O) groups is 1. The van der Waals surface area contributed by atoms with Crippen molar-refractivity contribution in [3.8, 4) is 11.3 Å². The van der Waals surface area contributed by atoms with Gasteiger partial charge >= 0.3 is 6.09 Å². The molecule has 1 aromatic carbocycles. The van der Waals surface area contributed by atoms with Gasteiger partial charge in [0.15, 0.2) is 6.61 Å². The molecule has 1 amide bonds. The molecule has 3 aromatic heterocycles. The number of anilines is 1. The van der Waals surface area contributed by atoms with Crippen LogP contribution in [-0.4, -0.2) is 37.8 Å². The number of alkyl carbamates (subject to hydrolysis) is 1. The number of carbonyl (C=O) groups excluding carboxylic acids is 1. The number of H-pyrrole nitrogens is 2. The highest BCUT2D eigenvalue weighted by Gasteiger charge is 2.14. The summed E-state index contributed by atoms with van der Waals surface area (Å²) in [5, 5.41) is 10.3. The summed E-state index contributed by atoms with van der Waals surface area (Å²) in [4.78, 5) is 23.5. The summed E-state index contributed by atoms with van der Waals surface area (Å²) < 4.78 is 5.10. The van der Waals surface area contributed by atoms with Crippen molar-refractivity contribution in [1.82, 2.24) is 30.5 Å². The molecule has 3 heterocycles. The second-order valence-corrected chi connectivity index (χ2v) is 5.71. The molecule has 26 heavy (non-hydrogen) atoms. The van der Waals surface area contributed by atoms with E-state index in [9.17, 15) is 4.79 Å². The van der Waals surface area contributed by atoms with E-state index in [1.165, 1.54) is 0 Å². The fourth-order valence-electron chi connectivity index (χ4n) is 2.79. The van der Waals surface area contributed by atoms with Gasteiger partial charge in [0.2, 0.25) is 0 Å². The van der Waals surface area contributed by atoms with Crippen molar-refractivity contribution in [3.05, 3.63) is 36.3 Å². The number of hydrogen-bond acceptors (Lipinski definition) is 6. The highest BCUT2D eigenvalue weighted by atomic mass is 16.5. The number of imidazole rings is 1. The number of nitrogen functional groups attached to an aromatic ring is 1. The number of aromatic amines is 2. The number of nitrogens with two attached hydrogens (primary N) is 1. The first-order chi connectivity index (χ1) is 12.7. The van der Waals surface area contributed by atoms with Crippen LogP contribution in [0.25, 0.3) is 33.2 Å². The van der Waals surface area contributed by atoms with Crippen LogP contribution in [0.3, 0.4) is 0 Å². The Kier molecular flexibility index (Phi) is 3.88. The van der Waals surface area contributed by atoms with Crippen LogP contribution < -0.4 is 11.1 Å². The minimum atomic E-state index is -0.492. The van der Waals surface area contributed by atoms with Crippen molar-refractivity contribution in [3.63, 3.8) is 0 Å². The summed E-state index contributed by atoms with van der Waals surface area (Å²) in [6.45, 7) is 2.34. The zero-order valence-corrected chi connectivity index (χ0v) is 14.0. The smallest absolute Gasteiger partial charge is 0.407 e. The van der Waals surface area contributed by atoms with E-state index in [1.54, 1.807) is 6.20 Å². The van der Waals surface area contributed by atoms with Gasteiger partial charge in [-0.2, -0.15) is 5.10 Å². The average molecular weight is 351 g/mol. The zero-order chi connectivity index (χ0) is 18.1. The topological polar surface area (TPSA) is 135 Å². The third kappa shape index (κ3) is 2.79. The van der Waals surface area contributed by atoms with Gasteiger partial charge in [0.25, 0.3) is 0 Å². The summed E-state index contributed by atoms with van der Waals surface area (Å²) in [6, 6.07) is 7.72. The number of fused-ring (bicyclic) bond motifs is 3. The van der Waals surface area contributed by atoms with Gasteiger partial charge in [-0.25, -0.2) is 14.8 Å². The molecule has 0 saturated heterocycles. The van der Waals surface area contributed by atoms with Crippen molar-refractivity contribution in [2.75, 3.05) is 12.3 Å². The number of nitrogens with zero attached hydrogens (tertiary/aromatic N) is 3. The molecule has 9 nitrogen and oxygen atoms in total. The lowest BCUT2D eigenvalue weighted by Gasteiger charge is -2.03. The monoisotopic (exact) mass is 351 g/mol. The van der Waals surface area contributed by atoms with Gasteiger partial charge < -0.3 is 20.8 Å². The lowest BCUT2D eigenvalue weighted by atomic mass is 10.1. The van der Waals surface area contributed by atoms with Gasteiger partial charge in [-0.3, -0.25) is 5.10 Å². The highest BCUT2D eigenvalue weighted by Crippen LogP contribution is 2.29. The lowest BCUT2D eigenvalue weighted by molar-refractivity contribution is 0.137. The predicted molar refractivity (Wildman–Crippen MR) is 97.3 cm³/mol. The van der Waals surface area contributed by atoms with Crippen molar-refractivity contribution >= 4 is 33.8 Å². The Morgan fingerprint density at radius 2 is 2.19 bits per heavy atom. The molecule has 9 heteroatoms. The van der Waals surface area contributed by atoms with Crippen LogP contribution >= 0.6 is 0 Å². The summed E-state index contributed by atoms with van der Waals surface area (Å²) in [7, 11) is 0. The Hall–Kier alpha value is -3.62. The second-order valence-electron chi connectivity index (χ2n) is 5.71. The molecule has 0 aliphatic carbocycles. The maximum absolute atomic E-state index is 11.4. The third-order valence-corrected chi connectivity index (χ3v) is 3.98. The molecule has 4 rings (SSSR count). The number of amides is 1. The first-order valence-corrected chi connectivity index (χ1v) is 8.14. The van der Waals surface area contributed by atoms with E-state index < -0.39 is 6.09 Å². The van der Waals surface area contributed by atoms with Gasteiger partial charge in [-0.1, -0.05) is 6.07 Å². The van der Waals surface area contributed by atoms with Crippen molar-refractivity contribution < 1.29 is 9.53 Å². The Morgan fingerprint density at radius 3 is 2.96 bits per heavy atom. The van der Waals surface area contributed by atoms with Crippen LogP contribution in [0.15, 0.2) is 30.5 Å². The molecule has 0 aliphatic heterocycles. The van der Waals surface area contributed by atoms with E-state index in [-0.39, 0.29) is 6.61 Å². The largest absolute Gasteiger partial charge is 0.441 e. The van der Waals surface area contributed by atoms with E-state index in [4.69, 9.17) is 10.5 Å². The Balaban J connectivity index is 1.73. The van der Waals surface area contributed by atoms with Crippen LogP contribution in [-0.2, 0) is 11.3 Å². The molecular formula is C17H17N7O2. The molecule has 0 aliphatic rings. The van der Waals surface area contributed by atoms with Gasteiger partial charge in [-0.05, 0) is 25.1 Å². The van der Waals surface area contributed by atoms with Crippen molar-refractivity contribution in [2.45, 2.75) is 13.5 Å². The molecule has 0 unspecified atom stereocenters. The van der Waals surface area contributed by atoms with E-state index in [2.05, 4.69) is 30.5 Å². The van der Waals surface area contributed by atoms with E-state index in [0.29, 0.717) is 29.2 Å². The molecule has 0 saturated carbocycles. The average Bonchev–Trinajstić information content (AvgIpc) is 3.30. The van der Waals surface area contributed by atoms with Gasteiger partial charge in [0, 0.05) is 23.7 Å². The number of rotatable bonds is 4. The number of ether oxygens (including phenoxy) is 1. The summed E-state index contributed by atoms with van der Waals surface area (Å²) in [5.41, 5.74) is 9.98. The molecule has 132 valence electrons. The van der Waals surface area contributed by atoms with E-state index in [1.807, 2.05) is 31.2 Å². The first-order valence-electron chi connectivity index (χ1n) is 8.14. The minimum Gasteiger partial charge on any atom is -0.441 e. The summed E-state index contributed by atoms with van der Waals surface area (Å²) in [5.74, 6) is 0.843. The molecule has 0 bridgehead atoms. The molecule has 0 fully saturated rings. The second kappa shape index (κ2) is 6.36. The number of benzene rings is 1. The van der Waals surface area contributed by atoms with Crippen LogP contribution in [0, 0.1) is 0 Å².